The van der Waals surface area contributed by atoms with E-state index in [4.69, 9.17) is 4.42 Å². The number of piperazine rings is 1. The van der Waals surface area contributed by atoms with Crippen molar-refractivity contribution in [2.75, 3.05) is 0 Å². The van der Waals surface area contributed by atoms with Crippen LogP contribution in [0.4, 0.5) is 0 Å². The summed E-state index contributed by atoms with van der Waals surface area (Å²) in [6.07, 6.45) is 4.33. The SMILES string of the molecule is CC(Cc1ccco1)N1C(=O)C(C2CC2)NC(=O)C1C. The zero-order valence-electron chi connectivity index (χ0n) is 11.8. The van der Waals surface area contributed by atoms with Gasteiger partial charge in [0, 0.05) is 12.5 Å². The molecule has 2 amide bonds. The number of nitrogens with zero attached hydrogens (tertiary/aromatic N) is 1. The molecule has 1 saturated heterocycles. The molecule has 5 nitrogen and oxygen atoms in total. The first-order chi connectivity index (χ1) is 9.58. The van der Waals surface area contributed by atoms with Crippen LogP contribution in [0.5, 0.6) is 0 Å². The van der Waals surface area contributed by atoms with Gasteiger partial charge in [0.2, 0.25) is 11.8 Å². The lowest BCUT2D eigenvalue weighted by molar-refractivity contribution is -0.151. The van der Waals surface area contributed by atoms with Crippen molar-refractivity contribution in [2.45, 2.75) is 51.2 Å². The molecule has 2 aliphatic rings. The van der Waals surface area contributed by atoms with Crippen molar-refractivity contribution in [3.05, 3.63) is 24.2 Å². The Hall–Kier alpha value is -1.78. The third-order valence-electron chi connectivity index (χ3n) is 4.26. The fourth-order valence-corrected chi connectivity index (χ4v) is 2.98. The first-order valence-corrected chi connectivity index (χ1v) is 7.23. The Balaban J connectivity index is 1.77. The minimum atomic E-state index is -0.414. The van der Waals surface area contributed by atoms with Gasteiger partial charge >= 0.3 is 0 Å². The molecule has 20 heavy (non-hydrogen) atoms. The number of carbonyl (C=O) groups is 2. The predicted molar refractivity (Wildman–Crippen MR) is 72.8 cm³/mol. The van der Waals surface area contributed by atoms with Crippen LogP contribution < -0.4 is 5.32 Å². The molecule has 2 heterocycles. The summed E-state index contributed by atoms with van der Waals surface area (Å²) in [6.45, 7) is 3.76. The Kier molecular flexibility index (Phi) is 3.28. The molecule has 1 aliphatic heterocycles. The topological polar surface area (TPSA) is 62.6 Å². The highest BCUT2D eigenvalue weighted by Gasteiger charge is 2.46. The number of carbonyl (C=O) groups excluding carboxylic acids is 2. The molecule has 0 radical (unpaired) electrons. The van der Waals surface area contributed by atoms with Crippen molar-refractivity contribution in [3.8, 4) is 0 Å². The molecule has 108 valence electrons. The fraction of sp³-hybridized carbons (Fsp3) is 0.600. The number of nitrogens with one attached hydrogen (secondary N) is 1. The van der Waals surface area contributed by atoms with Gasteiger partial charge in [-0.25, -0.2) is 0 Å². The first-order valence-electron chi connectivity index (χ1n) is 7.23. The Bertz CT molecular complexity index is 507. The zero-order chi connectivity index (χ0) is 14.3. The molecule has 0 bridgehead atoms. The summed E-state index contributed by atoms with van der Waals surface area (Å²) in [5, 5.41) is 2.87. The Morgan fingerprint density at radius 3 is 2.80 bits per heavy atom. The molecule has 1 aromatic rings. The average molecular weight is 276 g/mol. The van der Waals surface area contributed by atoms with Crippen LogP contribution in [0.2, 0.25) is 0 Å². The number of hydrogen-bond acceptors (Lipinski definition) is 3. The molecule has 1 aliphatic carbocycles. The van der Waals surface area contributed by atoms with Crippen molar-refractivity contribution in [3.63, 3.8) is 0 Å². The van der Waals surface area contributed by atoms with Gasteiger partial charge in [0.25, 0.3) is 0 Å². The van der Waals surface area contributed by atoms with E-state index in [0.29, 0.717) is 12.3 Å². The van der Waals surface area contributed by atoms with Gasteiger partial charge in [0.05, 0.1) is 6.26 Å². The van der Waals surface area contributed by atoms with E-state index in [0.717, 1.165) is 18.6 Å². The lowest BCUT2D eigenvalue weighted by Crippen LogP contribution is -2.65. The smallest absolute Gasteiger partial charge is 0.246 e. The summed E-state index contributed by atoms with van der Waals surface area (Å²) in [7, 11) is 0. The van der Waals surface area contributed by atoms with Gasteiger partial charge < -0.3 is 14.6 Å². The van der Waals surface area contributed by atoms with Gasteiger partial charge in [0.1, 0.15) is 17.8 Å². The Morgan fingerprint density at radius 1 is 1.45 bits per heavy atom. The van der Waals surface area contributed by atoms with Crippen LogP contribution in [-0.2, 0) is 16.0 Å². The molecule has 0 spiro atoms. The second kappa shape index (κ2) is 4.96. The molecule has 3 rings (SSSR count). The summed E-state index contributed by atoms with van der Waals surface area (Å²) in [6, 6.07) is 2.95. The van der Waals surface area contributed by atoms with E-state index in [1.165, 1.54) is 0 Å². The Labute approximate surface area is 118 Å². The van der Waals surface area contributed by atoms with Crippen LogP contribution in [0, 0.1) is 5.92 Å². The quantitative estimate of drug-likeness (QED) is 0.902. The molecule has 1 saturated carbocycles. The second-order valence-corrected chi connectivity index (χ2v) is 5.88. The van der Waals surface area contributed by atoms with Crippen LogP contribution in [0.3, 0.4) is 0 Å². The highest BCUT2D eigenvalue weighted by atomic mass is 16.3. The van der Waals surface area contributed by atoms with Gasteiger partial charge in [-0.15, -0.1) is 0 Å². The van der Waals surface area contributed by atoms with E-state index in [2.05, 4.69) is 5.32 Å². The van der Waals surface area contributed by atoms with Gasteiger partial charge in [-0.05, 0) is 44.7 Å². The van der Waals surface area contributed by atoms with E-state index in [1.54, 1.807) is 18.1 Å². The third-order valence-corrected chi connectivity index (χ3v) is 4.26. The van der Waals surface area contributed by atoms with Crippen LogP contribution in [0.25, 0.3) is 0 Å². The van der Waals surface area contributed by atoms with Crippen molar-refractivity contribution in [1.82, 2.24) is 10.2 Å². The maximum Gasteiger partial charge on any atom is 0.246 e. The maximum atomic E-state index is 12.6. The third kappa shape index (κ3) is 2.32. The average Bonchev–Trinajstić information content (AvgIpc) is 3.12. The largest absolute Gasteiger partial charge is 0.469 e. The van der Waals surface area contributed by atoms with Crippen molar-refractivity contribution >= 4 is 11.8 Å². The number of rotatable bonds is 4. The highest BCUT2D eigenvalue weighted by Crippen LogP contribution is 2.35. The van der Waals surface area contributed by atoms with E-state index in [-0.39, 0.29) is 23.9 Å². The summed E-state index contributed by atoms with van der Waals surface area (Å²) in [5.41, 5.74) is 0. The van der Waals surface area contributed by atoms with Crippen LogP contribution >= 0.6 is 0 Å². The van der Waals surface area contributed by atoms with Gasteiger partial charge in [-0.3, -0.25) is 9.59 Å². The second-order valence-electron chi connectivity index (χ2n) is 5.88. The van der Waals surface area contributed by atoms with Gasteiger partial charge in [-0.2, -0.15) is 0 Å². The highest BCUT2D eigenvalue weighted by molar-refractivity contribution is 5.97. The molecule has 3 atom stereocenters. The molecule has 0 aromatic carbocycles. The van der Waals surface area contributed by atoms with Gasteiger partial charge in [0.15, 0.2) is 0 Å². The molecule has 1 N–H and O–H groups in total. The molecule has 5 heteroatoms. The van der Waals surface area contributed by atoms with E-state index >= 15 is 0 Å². The minimum absolute atomic E-state index is 0.0454. The monoisotopic (exact) mass is 276 g/mol. The predicted octanol–water partition coefficient (Wildman–Crippen LogP) is 1.34. The van der Waals surface area contributed by atoms with Crippen LogP contribution in [0.1, 0.15) is 32.4 Å². The number of hydrogen-bond donors (Lipinski definition) is 1. The molecule has 1 aromatic heterocycles. The van der Waals surface area contributed by atoms with Crippen LogP contribution in [0.15, 0.2) is 22.8 Å². The van der Waals surface area contributed by atoms with Crippen molar-refractivity contribution in [1.29, 1.82) is 0 Å². The fourth-order valence-electron chi connectivity index (χ4n) is 2.98. The lowest BCUT2D eigenvalue weighted by atomic mass is 10.0. The molecule has 2 fully saturated rings. The summed E-state index contributed by atoms with van der Waals surface area (Å²) < 4.78 is 5.34. The Morgan fingerprint density at radius 2 is 2.20 bits per heavy atom. The molecular formula is C15H20N2O3. The van der Waals surface area contributed by atoms with E-state index in [9.17, 15) is 9.59 Å². The zero-order valence-corrected chi connectivity index (χ0v) is 11.8. The standard InChI is InChI=1S/C15H20N2O3/c1-9(8-12-4-3-7-20-12)17-10(2)14(18)16-13(15(17)19)11-5-6-11/h3-4,7,9-11,13H,5-6,8H2,1-2H3,(H,16,18). The van der Waals surface area contributed by atoms with Gasteiger partial charge in [-0.1, -0.05) is 0 Å². The lowest BCUT2D eigenvalue weighted by Gasteiger charge is -2.41. The van der Waals surface area contributed by atoms with E-state index < -0.39 is 6.04 Å². The van der Waals surface area contributed by atoms with Crippen molar-refractivity contribution in [2.24, 2.45) is 5.92 Å². The van der Waals surface area contributed by atoms with Crippen LogP contribution in [-0.4, -0.2) is 34.8 Å². The van der Waals surface area contributed by atoms with E-state index in [1.807, 2.05) is 19.1 Å². The summed E-state index contributed by atoms with van der Waals surface area (Å²) in [5.74, 6) is 1.18. The molecule has 3 unspecified atom stereocenters. The van der Waals surface area contributed by atoms with Crippen molar-refractivity contribution < 1.29 is 14.0 Å². The minimum Gasteiger partial charge on any atom is -0.469 e. The molecular weight excluding hydrogens is 256 g/mol. The number of furan rings is 1. The maximum absolute atomic E-state index is 12.6. The normalized spacial score (nSPS) is 28.4. The summed E-state index contributed by atoms with van der Waals surface area (Å²) in [4.78, 5) is 26.4. The number of amides is 2. The summed E-state index contributed by atoms with van der Waals surface area (Å²) >= 11 is 0. The first kappa shape index (κ1) is 13.2.